The van der Waals surface area contributed by atoms with Gasteiger partial charge >= 0.3 is 5.97 Å². The molecule has 4 heteroatoms. The Labute approximate surface area is 66.0 Å². The summed E-state index contributed by atoms with van der Waals surface area (Å²) >= 11 is 0. The van der Waals surface area contributed by atoms with Crippen LogP contribution >= 0.6 is 0 Å². The molecule has 0 radical (unpaired) electrons. The Hall–Kier alpha value is -1.32. The summed E-state index contributed by atoms with van der Waals surface area (Å²) in [6, 6.07) is 0. The number of amides is 1. The maximum absolute atomic E-state index is 9.84. The van der Waals surface area contributed by atoms with Gasteiger partial charge in [0.05, 0.1) is 7.11 Å². The standard InChI is InChI=1S/C4H6O2.C3H7NO/c1-3-4(5)6-2;1-2-3(4)5/h3H,1H2,2H3;2H2,1H3,(H2,4,5). The number of ether oxygens (including phenoxy) is 1. The molecule has 1 amide bonds. The summed E-state index contributed by atoms with van der Waals surface area (Å²) in [4.78, 5) is 19.4. The Bertz CT molecular complexity index is 143. The molecule has 0 saturated carbocycles. The first kappa shape index (κ1) is 12.4. The van der Waals surface area contributed by atoms with Gasteiger partial charge in [0.1, 0.15) is 0 Å². The van der Waals surface area contributed by atoms with E-state index in [1.54, 1.807) is 6.92 Å². The minimum Gasteiger partial charge on any atom is -0.466 e. The predicted molar refractivity (Wildman–Crippen MR) is 41.7 cm³/mol. The maximum atomic E-state index is 9.84. The van der Waals surface area contributed by atoms with E-state index in [1.807, 2.05) is 0 Å². The van der Waals surface area contributed by atoms with Gasteiger partial charge in [-0.1, -0.05) is 13.5 Å². The van der Waals surface area contributed by atoms with Gasteiger partial charge in [-0.2, -0.15) is 0 Å². The van der Waals surface area contributed by atoms with Crippen LogP contribution in [-0.2, 0) is 14.3 Å². The van der Waals surface area contributed by atoms with Crippen molar-refractivity contribution in [1.29, 1.82) is 0 Å². The van der Waals surface area contributed by atoms with Crippen LogP contribution in [0.15, 0.2) is 12.7 Å². The molecule has 0 aromatic carbocycles. The van der Waals surface area contributed by atoms with Crippen molar-refractivity contribution in [2.24, 2.45) is 5.73 Å². The lowest BCUT2D eigenvalue weighted by Crippen LogP contribution is -2.06. The van der Waals surface area contributed by atoms with Gasteiger partial charge in [-0.3, -0.25) is 4.79 Å². The molecule has 0 spiro atoms. The first-order chi connectivity index (χ1) is 5.08. The molecule has 0 aliphatic rings. The van der Waals surface area contributed by atoms with Gasteiger partial charge < -0.3 is 10.5 Å². The van der Waals surface area contributed by atoms with Crippen molar-refractivity contribution in [2.45, 2.75) is 13.3 Å². The first-order valence-electron chi connectivity index (χ1n) is 3.07. The highest BCUT2D eigenvalue weighted by Gasteiger charge is 1.81. The number of hydrogen-bond acceptors (Lipinski definition) is 3. The highest BCUT2D eigenvalue weighted by molar-refractivity contribution is 5.80. The van der Waals surface area contributed by atoms with Gasteiger partial charge in [-0.05, 0) is 0 Å². The van der Waals surface area contributed by atoms with E-state index in [4.69, 9.17) is 0 Å². The molecular formula is C7H13NO3. The van der Waals surface area contributed by atoms with Crippen LogP contribution in [0.3, 0.4) is 0 Å². The number of nitrogens with two attached hydrogens (primary N) is 1. The van der Waals surface area contributed by atoms with E-state index in [-0.39, 0.29) is 5.91 Å². The quantitative estimate of drug-likeness (QED) is 0.463. The smallest absolute Gasteiger partial charge is 0.329 e. The highest BCUT2D eigenvalue weighted by atomic mass is 16.5. The number of rotatable bonds is 2. The Morgan fingerprint density at radius 2 is 2.00 bits per heavy atom. The van der Waals surface area contributed by atoms with Gasteiger partial charge in [-0.15, -0.1) is 0 Å². The second kappa shape index (κ2) is 8.68. The molecule has 0 saturated heterocycles. The first-order valence-corrected chi connectivity index (χ1v) is 3.07. The lowest BCUT2D eigenvalue weighted by atomic mass is 10.5. The minimum absolute atomic E-state index is 0.245. The molecule has 0 heterocycles. The predicted octanol–water partition coefficient (Wildman–Crippen LogP) is 0.227. The monoisotopic (exact) mass is 159 g/mol. The van der Waals surface area contributed by atoms with Crippen LogP contribution in [0, 0.1) is 0 Å². The van der Waals surface area contributed by atoms with Crippen LogP contribution < -0.4 is 5.73 Å². The van der Waals surface area contributed by atoms with E-state index in [9.17, 15) is 9.59 Å². The zero-order chi connectivity index (χ0) is 9.28. The number of primary amides is 1. The summed E-state index contributed by atoms with van der Waals surface area (Å²) in [7, 11) is 1.31. The summed E-state index contributed by atoms with van der Waals surface area (Å²) in [6.45, 7) is 4.88. The van der Waals surface area contributed by atoms with Gasteiger partial charge in [0, 0.05) is 12.5 Å². The molecule has 0 aliphatic carbocycles. The van der Waals surface area contributed by atoms with Crippen LogP contribution in [0.4, 0.5) is 0 Å². The van der Waals surface area contributed by atoms with Gasteiger partial charge in [0.15, 0.2) is 0 Å². The number of carbonyl (C=O) groups is 2. The van der Waals surface area contributed by atoms with Crippen LogP contribution in [0.2, 0.25) is 0 Å². The highest BCUT2D eigenvalue weighted by Crippen LogP contribution is 1.67. The van der Waals surface area contributed by atoms with Crippen molar-refractivity contribution in [3.63, 3.8) is 0 Å². The van der Waals surface area contributed by atoms with Gasteiger partial charge in [0.2, 0.25) is 5.91 Å². The van der Waals surface area contributed by atoms with Crippen LogP contribution in [0.1, 0.15) is 13.3 Å². The molecular weight excluding hydrogens is 146 g/mol. The van der Waals surface area contributed by atoms with Crippen molar-refractivity contribution < 1.29 is 14.3 Å². The van der Waals surface area contributed by atoms with E-state index in [1.165, 1.54) is 7.11 Å². The molecule has 0 unspecified atom stereocenters. The van der Waals surface area contributed by atoms with Crippen LogP contribution in [0.5, 0.6) is 0 Å². The largest absolute Gasteiger partial charge is 0.466 e. The molecule has 11 heavy (non-hydrogen) atoms. The van der Waals surface area contributed by atoms with E-state index in [2.05, 4.69) is 17.0 Å². The molecule has 0 bridgehead atoms. The van der Waals surface area contributed by atoms with Gasteiger partial charge in [0.25, 0.3) is 0 Å². The van der Waals surface area contributed by atoms with Crippen molar-refractivity contribution in [3.05, 3.63) is 12.7 Å². The normalized spacial score (nSPS) is 7.09. The molecule has 64 valence electrons. The summed E-state index contributed by atoms with van der Waals surface area (Å²) in [5.41, 5.74) is 4.65. The number of carbonyl (C=O) groups excluding carboxylic acids is 2. The second-order valence-corrected chi connectivity index (χ2v) is 1.55. The van der Waals surface area contributed by atoms with Crippen molar-refractivity contribution in [1.82, 2.24) is 0 Å². The fourth-order valence-electron chi connectivity index (χ4n) is 0.0833. The third-order valence-electron chi connectivity index (χ3n) is 0.716. The van der Waals surface area contributed by atoms with Crippen molar-refractivity contribution >= 4 is 11.9 Å². The molecule has 0 aromatic rings. The molecule has 0 fully saturated rings. The molecule has 0 aliphatic heterocycles. The Morgan fingerprint density at radius 1 is 1.64 bits per heavy atom. The Kier molecular flexibility index (Phi) is 9.76. The summed E-state index contributed by atoms with van der Waals surface area (Å²) < 4.78 is 4.14. The molecule has 4 nitrogen and oxygen atoms in total. The third-order valence-corrected chi connectivity index (χ3v) is 0.716. The zero-order valence-corrected chi connectivity index (χ0v) is 6.79. The second-order valence-electron chi connectivity index (χ2n) is 1.55. The summed E-state index contributed by atoms with van der Waals surface area (Å²) in [6.07, 6.45) is 1.56. The number of methoxy groups -OCH3 is 1. The fraction of sp³-hybridized carbons (Fsp3) is 0.429. The number of esters is 1. The van der Waals surface area contributed by atoms with Crippen molar-refractivity contribution in [3.8, 4) is 0 Å². The molecule has 0 atom stereocenters. The third kappa shape index (κ3) is 17.7. The summed E-state index contributed by atoms with van der Waals surface area (Å²) in [5, 5.41) is 0. The van der Waals surface area contributed by atoms with Crippen molar-refractivity contribution in [2.75, 3.05) is 7.11 Å². The topological polar surface area (TPSA) is 69.4 Å². The summed E-state index contributed by atoms with van der Waals surface area (Å²) in [5.74, 6) is -0.639. The molecule has 0 rings (SSSR count). The zero-order valence-electron chi connectivity index (χ0n) is 6.79. The average molecular weight is 159 g/mol. The lowest BCUT2D eigenvalue weighted by Gasteiger charge is -1.83. The Morgan fingerprint density at radius 3 is 2.00 bits per heavy atom. The number of hydrogen-bond donors (Lipinski definition) is 1. The van der Waals surface area contributed by atoms with E-state index >= 15 is 0 Å². The average Bonchev–Trinajstić information content (AvgIpc) is 2.04. The minimum atomic E-state index is -0.394. The lowest BCUT2D eigenvalue weighted by molar-refractivity contribution is -0.134. The van der Waals surface area contributed by atoms with Gasteiger partial charge in [-0.25, -0.2) is 4.79 Å². The molecule has 2 N–H and O–H groups in total. The van der Waals surface area contributed by atoms with E-state index < -0.39 is 5.97 Å². The SMILES string of the molecule is C=CC(=O)OC.CCC(N)=O. The fourth-order valence-corrected chi connectivity index (χ4v) is 0.0833. The molecule has 0 aromatic heterocycles. The van der Waals surface area contributed by atoms with Crippen LogP contribution in [0.25, 0.3) is 0 Å². The van der Waals surface area contributed by atoms with E-state index in [0.29, 0.717) is 6.42 Å². The van der Waals surface area contributed by atoms with E-state index in [0.717, 1.165) is 6.08 Å². The maximum Gasteiger partial charge on any atom is 0.329 e. The Balaban J connectivity index is 0. The van der Waals surface area contributed by atoms with Crippen LogP contribution in [-0.4, -0.2) is 19.0 Å².